The lowest BCUT2D eigenvalue weighted by molar-refractivity contribution is 0.0779. The Hall–Kier alpha value is -0.490. The van der Waals surface area contributed by atoms with Crippen molar-refractivity contribution >= 4 is 52.3 Å². The molecule has 1 amide bonds. The highest BCUT2D eigenvalue weighted by Gasteiger charge is 2.30. The van der Waals surface area contributed by atoms with E-state index in [1.807, 2.05) is 11.0 Å². The number of hydrogen-bond donors (Lipinski definition) is 1. The maximum absolute atomic E-state index is 12.5. The van der Waals surface area contributed by atoms with Crippen LogP contribution in [0.3, 0.4) is 0 Å². The van der Waals surface area contributed by atoms with Crippen molar-refractivity contribution in [1.29, 1.82) is 0 Å². The molecule has 1 heterocycles. The molecule has 0 spiro atoms. The minimum atomic E-state index is 0. The zero-order valence-electron chi connectivity index (χ0n) is 12.9. The van der Waals surface area contributed by atoms with E-state index < -0.39 is 0 Å². The second-order valence-corrected chi connectivity index (χ2v) is 6.06. The molecule has 7 heteroatoms. The van der Waals surface area contributed by atoms with Crippen molar-refractivity contribution in [1.82, 2.24) is 9.80 Å². The van der Waals surface area contributed by atoms with Gasteiger partial charge in [-0.3, -0.25) is 9.69 Å². The predicted molar refractivity (Wildman–Crippen MR) is 100 cm³/mol. The number of nitrogen functional groups attached to an aromatic ring is 1. The van der Waals surface area contributed by atoms with Crippen LogP contribution in [0.25, 0.3) is 0 Å². The van der Waals surface area contributed by atoms with Gasteiger partial charge in [0.2, 0.25) is 0 Å². The van der Waals surface area contributed by atoms with E-state index >= 15 is 0 Å². The molecule has 1 aliphatic rings. The van der Waals surface area contributed by atoms with Gasteiger partial charge >= 0.3 is 0 Å². The molecule has 22 heavy (non-hydrogen) atoms. The summed E-state index contributed by atoms with van der Waals surface area (Å²) < 4.78 is 0.897. The second-order valence-electron chi connectivity index (χ2n) is 5.15. The summed E-state index contributed by atoms with van der Waals surface area (Å²) in [6.45, 7) is 8.01. The average Bonchev–Trinajstić information content (AvgIpc) is 2.89. The molecule has 4 nitrogen and oxygen atoms in total. The topological polar surface area (TPSA) is 49.6 Å². The van der Waals surface area contributed by atoms with Crippen LogP contribution in [0, 0.1) is 0 Å². The molecule has 2 rings (SSSR count). The van der Waals surface area contributed by atoms with Gasteiger partial charge in [0, 0.05) is 29.3 Å². The van der Waals surface area contributed by atoms with Gasteiger partial charge < -0.3 is 10.6 Å². The van der Waals surface area contributed by atoms with Gasteiger partial charge in [-0.2, -0.15) is 0 Å². The molecule has 1 atom stereocenters. The zero-order chi connectivity index (χ0) is 14.7. The number of carbonyl (C=O) groups is 1. The summed E-state index contributed by atoms with van der Waals surface area (Å²) >= 11 is 3.36. The summed E-state index contributed by atoms with van der Waals surface area (Å²) in [5.74, 6) is 0.0460. The standard InChI is InChI=1S/C15H22BrN3O.2ClH/c1-3-18(4-2)12-7-8-19(10-12)15(20)13-6-5-11(16)9-14(13)17;;/h5-6,9,12H,3-4,7-8,10,17H2,1-2H3;2*1H. The maximum Gasteiger partial charge on any atom is 0.255 e. The van der Waals surface area contributed by atoms with Crippen molar-refractivity contribution in [3.63, 3.8) is 0 Å². The van der Waals surface area contributed by atoms with Gasteiger partial charge in [0.15, 0.2) is 0 Å². The lowest BCUT2D eigenvalue weighted by atomic mass is 10.1. The summed E-state index contributed by atoms with van der Waals surface area (Å²) in [6, 6.07) is 5.92. The Morgan fingerprint density at radius 3 is 2.55 bits per heavy atom. The van der Waals surface area contributed by atoms with Crippen LogP contribution in [-0.2, 0) is 0 Å². The number of carbonyl (C=O) groups excluding carboxylic acids is 1. The van der Waals surface area contributed by atoms with E-state index in [2.05, 4.69) is 34.7 Å². The van der Waals surface area contributed by atoms with Crippen LogP contribution in [0.1, 0.15) is 30.6 Å². The molecule has 126 valence electrons. The van der Waals surface area contributed by atoms with Gasteiger partial charge in [0.25, 0.3) is 5.91 Å². The largest absolute Gasteiger partial charge is 0.398 e. The third-order valence-corrected chi connectivity index (χ3v) is 4.52. The van der Waals surface area contributed by atoms with Crippen molar-refractivity contribution in [3.8, 4) is 0 Å². The monoisotopic (exact) mass is 411 g/mol. The van der Waals surface area contributed by atoms with Gasteiger partial charge in [-0.15, -0.1) is 24.8 Å². The van der Waals surface area contributed by atoms with Crippen molar-refractivity contribution in [2.45, 2.75) is 26.3 Å². The molecule has 0 bridgehead atoms. The fourth-order valence-corrected chi connectivity index (χ4v) is 3.24. The van der Waals surface area contributed by atoms with Crippen LogP contribution in [0.15, 0.2) is 22.7 Å². The first-order valence-corrected chi connectivity index (χ1v) is 7.94. The molecule has 1 saturated heterocycles. The Bertz CT molecular complexity index is 498. The lowest BCUT2D eigenvalue weighted by Crippen LogP contribution is -2.38. The zero-order valence-corrected chi connectivity index (χ0v) is 16.1. The molecule has 1 aromatic carbocycles. The van der Waals surface area contributed by atoms with Gasteiger partial charge in [-0.05, 0) is 37.7 Å². The summed E-state index contributed by atoms with van der Waals surface area (Å²) in [7, 11) is 0. The molecule has 0 aliphatic carbocycles. The Labute approximate surface area is 153 Å². The number of likely N-dealkylation sites (N-methyl/N-ethyl adjacent to an activating group) is 1. The number of anilines is 1. The number of halogens is 3. The Kier molecular flexibility index (Phi) is 9.39. The molecule has 1 fully saturated rings. The van der Waals surface area contributed by atoms with Crippen LogP contribution in [-0.4, -0.2) is 47.9 Å². The molecule has 1 unspecified atom stereocenters. The smallest absolute Gasteiger partial charge is 0.255 e. The molecular formula is C15H24BrCl2N3O. The highest BCUT2D eigenvalue weighted by atomic mass is 79.9. The van der Waals surface area contributed by atoms with Crippen molar-refractivity contribution in [3.05, 3.63) is 28.2 Å². The number of nitrogens with two attached hydrogens (primary N) is 1. The molecule has 0 radical (unpaired) electrons. The number of hydrogen-bond acceptors (Lipinski definition) is 3. The highest BCUT2D eigenvalue weighted by Crippen LogP contribution is 2.23. The third-order valence-electron chi connectivity index (χ3n) is 4.02. The van der Waals surface area contributed by atoms with Crippen LogP contribution in [0.2, 0.25) is 0 Å². The number of amides is 1. The quantitative estimate of drug-likeness (QED) is 0.770. The van der Waals surface area contributed by atoms with E-state index in [4.69, 9.17) is 5.73 Å². The van der Waals surface area contributed by atoms with E-state index in [-0.39, 0.29) is 30.7 Å². The molecular weight excluding hydrogens is 389 g/mol. The van der Waals surface area contributed by atoms with Crippen LogP contribution >= 0.6 is 40.7 Å². The number of rotatable bonds is 4. The maximum atomic E-state index is 12.5. The number of benzene rings is 1. The second kappa shape index (κ2) is 9.60. The summed E-state index contributed by atoms with van der Waals surface area (Å²) in [5, 5.41) is 0. The predicted octanol–water partition coefficient (Wildman–Crippen LogP) is 3.43. The van der Waals surface area contributed by atoms with Crippen LogP contribution < -0.4 is 5.73 Å². The summed E-state index contributed by atoms with van der Waals surface area (Å²) in [4.78, 5) is 16.9. The normalized spacial score (nSPS) is 17.1. The van der Waals surface area contributed by atoms with Gasteiger partial charge in [0.05, 0.1) is 5.56 Å². The van der Waals surface area contributed by atoms with E-state index in [1.54, 1.807) is 12.1 Å². The minimum Gasteiger partial charge on any atom is -0.398 e. The highest BCUT2D eigenvalue weighted by molar-refractivity contribution is 9.10. The molecule has 0 aromatic heterocycles. The lowest BCUT2D eigenvalue weighted by Gasteiger charge is -2.26. The van der Waals surface area contributed by atoms with E-state index in [0.717, 1.165) is 37.1 Å². The minimum absolute atomic E-state index is 0. The first-order valence-electron chi connectivity index (χ1n) is 7.15. The van der Waals surface area contributed by atoms with Gasteiger partial charge in [-0.25, -0.2) is 0 Å². The Morgan fingerprint density at radius 2 is 2.00 bits per heavy atom. The summed E-state index contributed by atoms with van der Waals surface area (Å²) in [6.07, 6.45) is 1.05. The molecule has 1 aromatic rings. The molecule has 1 aliphatic heterocycles. The van der Waals surface area contributed by atoms with E-state index in [1.165, 1.54) is 0 Å². The fourth-order valence-electron chi connectivity index (χ4n) is 2.86. The van der Waals surface area contributed by atoms with Crippen LogP contribution in [0.5, 0.6) is 0 Å². The number of nitrogens with zero attached hydrogens (tertiary/aromatic N) is 2. The SMILES string of the molecule is CCN(CC)C1CCN(C(=O)c2ccc(Br)cc2N)C1.Cl.Cl. The Morgan fingerprint density at radius 1 is 1.36 bits per heavy atom. The first kappa shape index (κ1) is 21.5. The van der Waals surface area contributed by atoms with Gasteiger partial charge in [0.1, 0.15) is 0 Å². The van der Waals surface area contributed by atoms with Crippen molar-refractivity contribution < 1.29 is 4.79 Å². The van der Waals surface area contributed by atoms with E-state index in [9.17, 15) is 4.79 Å². The third kappa shape index (κ3) is 4.75. The van der Waals surface area contributed by atoms with E-state index in [0.29, 0.717) is 17.3 Å². The fraction of sp³-hybridized carbons (Fsp3) is 0.533. The summed E-state index contributed by atoms with van der Waals surface area (Å²) in [5.41, 5.74) is 7.09. The van der Waals surface area contributed by atoms with Crippen LogP contribution in [0.4, 0.5) is 5.69 Å². The van der Waals surface area contributed by atoms with Gasteiger partial charge in [-0.1, -0.05) is 29.8 Å². The number of likely N-dealkylation sites (tertiary alicyclic amines) is 1. The molecule has 0 saturated carbocycles. The Balaban J connectivity index is 0.00000220. The van der Waals surface area contributed by atoms with Crippen molar-refractivity contribution in [2.24, 2.45) is 0 Å². The van der Waals surface area contributed by atoms with Crippen molar-refractivity contribution in [2.75, 3.05) is 31.9 Å². The average molecular weight is 413 g/mol. The first-order chi connectivity index (χ1) is 9.56. The molecule has 2 N–H and O–H groups in total.